The highest BCUT2D eigenvalue weighted by Crippen LogP contribution is 2.17. The van der Waals surface area contributed by atoms with E-state index in [9.17, 15) is 4.79 Å². The zero-order valence-corrected chi connectivity index (χ0v) is 15.6. The van der Waals surface area contributed by atoms with E-state index in [4.69, 9.17) is 9.26 Å². The number of methoxy groups -OCH3 is 1. The van der Waals surface area contributed by atoms with E-state index in [1.54, 1.807) is 7.11 Å². The molecule has 6 heteroatoms. The molecule has 0 aliphatic carbocycles. The van der Waals surface area contributed by atoms with Crippen molar-refractivity contribution in [3.8, 4) is 17.1 Å². The maximum absolute atomic E-state index is 12.0. The van der Waals surface area contributed by atoms with E-state index >= 15 is 0 Å². The number of rotatable bonds is 8. The van der Waals surface area contributed by atoms with Gasteiger partial charge in [0.15, 0.2) is 0 Å². The molecule has 1 aromatic heterocycles. The molecule has 27 heavy (non-hydrogen) atoms. The summed E-state index contributed by atoms with van der Waals surface area (Å²) in [4.78, 5) is 16.4. The summed E-state index contributed by atoms with van der Waals surface area (Å²) in [6, 6.07) is 15.7. The van der Waals surface area contributed by atoms with E-state index in [-0.39, 0.29) is 5.91 Å². The van der Waals surface area contributed by atoms with Crippen LogP contribution in [0.1, 0.15) is 30.4 Å². The smallest absolute Gasteiger partial charge is 0.227 e. The van der Waals surface area contributed by atoms with Crippen LogP contribution < -0.4 is 10.1 Å². The van der Waals surface area contributed by atoms with Crippen LogP contribution in [0.25, 0.3) is 11.4 Å². The van der Waals surface area contributed by atoms with Gasteiger partial charge in [0, 0.05) is 24.9 Å². The molecule has 2 aromatic carbocycles. The number of aromatic nitrogens is 2. The van der Waals surface area contributed by atoms with Crippen molar-refractivity contribution >= 4 is 5.91 Å². The number of carbonyl (C=O) groups excluding carboxylic acids is 1. The maximum Gasteiger partial charge on any atom is 0.227 e. The normalized spacial score (nSPS) is 10.6. The number of aryl methyl sites for hydroxylation is 2. The Labute approximate surface area is 158 Å². The molecule has 0 aliphatic heterocycles. The second-order valence-electron chi connectivity index (χ2n) is 6.19. The lowest BCUT2D eigenvalue weighted by Gasteiger charge is -2.05. The highest BCUT2D eigenvalue weighted by molar-refractivity contribution is 5.76. The molecule has 1 N–H and O–H groups in total. The Morgan fingerprint density at radius 2 is 1.78 bits per heavy atom. The SMILES string of the molecule is CCc1ccc(-c2noc(CCC(=O)NCc3ccc(OC)cc3)n2)cc1. The lowest BCUT2D eigenvalue weighted by molar-refractivity contribution is -0.121. The number of nitrogens with one attached hydrogen (secondary N) is 1. The van der Waals surface area contributed by atoms with Crippen LogP contribution in [0.4, 0.5) is 0 Å². The molecule has 0 unspecified atom stereocenters. The van der Waals surface area contributed by atoms with Crippen LogP contribution in [0.15, 0.2) is 53.1 Å². The van der Waals surface area contributed by atoms with E-state index in [1.807, 2.05) is 36.4 Å². The Bertz CT molecular complexity index is 870. The lowest BCUT2D eigenvalue weighted by Crippen LogP contribution is -2.23. The third-order valence-electron chi connectivity index (χ3n) is 4.30. The summed E-state index contributed by atoms with van der Waals surface area (Å²) in [6.45, 7) is 2.59. The highest BCUT2D eigenvalue weighted by Gasteiger charge is 2.10. The number of amides is 1. The minimum atomic E-state index is -0.0575. The molecule has 0 radical (unpaired) electrons. The molecule has 140 valence electrons. The van der Waals surface area contributed by atoms with Crippen molar-refractivity contribution in [2.45, 2.75) is 32.7 Å². The largest absolute Gasteiger partial charge is 0.497 e. The van der Waals surface area contributed by atoms with Gasteiger partial charge >= 0.3 is 0 Å². The molecule has 3 aromatic rings. The minimum Gasteiger partial charge on any atom is -0.497 e. The Hall–Kier alpha value is -3.15. The molecule has 1 heterocycles. The first-order valence-corrected chi connectivity index (χ1v) is 8.99. The standard InChI is InChI=1S/C21H23N3O3/c1-3-15-4-8-17(9-5-15)21-23-20(27-24-21)13-12-19(25)22-14-16-6-10-18(26-2)11-7-16/h4-11H,3,12-14H2,1-2H3,(H,22,25). The first kappa shape index (κ1) is 18.6. The molecule has 0 bridgehead atoms. The average Bonchev–Trinajstić information content (AvgIpc) is 3.20. The number of nitrogens with zero attached hydrogens (tertiary/aromatic N) is 2. The van der Waals surface area contributed by atoms with Crippen LogP contribution in [0.2, 0.25) is 0 Å². The van der Waals surface area contributed by atoms with Crippen LogP contribution in [-0.4, -0.2) is 23.2 Å². The van der Waals surface area contributed by atoms with E-state index in [2.05, 4.69) is 34.5 Å². The topological polar surface area (TPSA) is 77.2 Å². The van der Waals surface area contributed by atoms with Crippen molar-refractivity contribution in [2.24, 2.45) is 0 Å². The first-order chi connectivity index (χ1) is 13.2. The van der Waals surface area contributed by atoms with E-state index in [0.717, 1.165) is 23.3 Å². The molecular weight excluding hydrogens is 342 g/mol. The third kappa shape index (κ3) is 5.17. The van der Waals surface area contributed by atoms with Crippen LogP contribution in [-0.2, 0) is 24.2 Å². The summed E-state index contributed by atoms with van der Waals surface area (Å²) in [5.41, 5.74) is 3.18. The summed E-state index contributed by atoms with van der Waals surface area (Å²) < 4.78 is 10.4. The zero-order chi connectivity index (χ0) is 19.1. The van der Waals surface area contributed by atoms with E-state index in [1.165, 1.54) is 5.56 Å². The minimum absolute atomic E-state index is 0.0575. The van der Waals surface area contributed by atoms with Crippen molar-refractivity contribution < 1.29 is 14.1 Å². The van der Waals surface area contributed by atoms with E-state index < -0.39 is 0 Å². The van der Waals surface area contributed by atoms with Gasteiger partial charge in [0.05, 0.1) is 7.11 Å². The van der Waals surface area contributed by atoms with Crippen molar-refractivity contribution in [3.05, 3.63) is 65.5 Å². The fourth-order valence-corrected chi connectivity index (χ4v) is 2.62. The predicted octanol–water partition coefficient (Wildman–Crippen LogP) is 3.56. The molecule has 0 saturated heterocycles. The third-order valence-corrected chi connectivity index (χ3v) is 4.30. The first-order valence-electron chi connectivity index (χ1n) is 8.99. The second-order valence-corrected chi connectivity index (χ2v) is 6.19. The number of hydrogen-bond acceptors (Lipinski definition) is 5. The van der Waals surface area contributed by atoms with Crippen molar-refractivity contribution in [1.82, 2.24) is 15.5 Å². The summed E-state index contributed by atoms with van der Waals surface area (Å²) in [5, 5.41) is 6.89. The fourth-order valence-electron chi connectivity index (χ4n) is 2.62. The summed E-state index contributed by atoms with van der Waals surface area (Å²) in [5.74, 6) is 1.75. The molecule has 0 spiro atoms. The fraction of sp³-hybridized carbons (Fsp3) is 0.286. The molecule has 6 nitrogen and oxygen atoms in total. The second kappa shape index (κ2) is 8.98. The number of carbonyl (C=O) groups is 1. The van der Waals surface area contributed by atoms with Gasteiger partial charge < -0.3 is 14.6 Å². The van der Waals surface area contributed by atoms with Gasteiger partial charge in [0.2, 0.25) is 17.6 Å². The van der Waals surface area contributed by atoms with Gasteiger partial charge in [-0.3, -0.25) is 4.79 Å². The van der Waals surface area contributed by atoms with Crippen LogP contribution in [0.3, 0.4) is 0 Å². The molecule has 0 aliphatic rings. The van der Waals surface area contributed by atoms with Gasteiger partial charge in [-0.25, -0.2) is 0 Å². The Kier molecular flexibility index (Phi) is 6.20. The van der Waals surface area contributed by atoms with Crippen LogP contribution in [0, 0.1) is 0 Å². The van der Waals surface area contributed by atoms with Crippen molar-refractivity contribution in [3.63, 3.8) is 0 Å². The van der Waals surface area contributed by atoms with E-state index in [0.29, 0.717) is 31.1 Å². The van der Waals surface area contributed by atoms with Crippen molar-refractivity contribution in [2.75, 3.05) is 7.11 Å². The molecular formula is C21H23N3O3. The summed E-state index contributed by atoms with van der Waals surface area (Å²) >= 11 is 0. The monoisotopic (exact) mass is 365 g/mol. The summed E-state index contributed by atoms with van der Waals surface area (Å²) in [7, 11) is 1.62. The average molecular weight is 365 g/mol. The molecule has 0 atom stereocenters. The number of benzene rings is 2. The molecule has 1 amide bonds. The maximum atomic E-state index is 12.0. The number of ether oxygens (including phenoxy) is 1. The van der Waals surface area contributed by atoms with Gasteiger partial charge in [-0.05, 0) is 29.7 Å². The molecule has 0 fully saturated rings. The summed E-state index contributed by atoms with van der Waals surface area (Å²) in [6.07, 6.45) is 1.70. The Balaban J connectivity index is 1.47. The van der Waals surface area contributed by atoms with Crippen LogP contribution in [0.5, 0.6) is 5.75 Å². The Morgan fingerprint density at radius 3 is 2.44 bits per heavy atom. The van der Waals surface area contributed by atoms with Gasteiger partial charge in [-0.2, -0.15) is 4.98 Å². The molecule has 3 rings (SSSR count). The molecule has 0 saturated carbocycles. The number of hydrogen-bond donors (Lipinski definition) is 1. The Morgan fingerprint density at radius 1 is 1.07 bits per heavy atom. The zero-order valence-electron chi connectivity index (χ0n) is 15.6. The van der Waals surface area contributed by atoms with Gasteiger partial charge in [0.25, 0.3) is 0 Å². The lowest BCUT2D eigenvalue weighted by atomic mass is 10.1. The van der Waals surface area contributed by atoms with Gasteiger partial charge in [0.1, 0.15) is 5.75 Å². The van der Waals surface area contributed by atoms with Gasteiger partial charge in [-0.15, -0.1) is 0 Å². The predicted molar refractivity (Wildman–Crippen MR) is 102 cm³/mol. The highest BCUT2D eigenvalue weighted by atomic mass is 16.5. The van der Waals surface area contributed by atoms with Crippen LogP contribution >= 0.6 is 0 Å². The van der Waals surface area contributed by atoms with Crippen molar-refractivity contribution in [1.29, 1.82) is 0 Å². The quantitative estimate of drug-likeness (QED) is 0.660. The van der Waals surface area contributed by atoms with Gasteiger partial charge in [-0.1, -0.05) is 48.5 Å².